The van der Waals surface area contributed by atoms with E-state index in [0.717, 1.165) is 18.6 Å². The van der Waals surface area contributed by atoms with E-state index in [0.29, 0.717) is 11.1 Å². The fraction of sp³-hybridized carbons (Fsp3) is 0.300. The van der Waals surface area contributed by atoms with Crippen molar-refractivity contribution in [3.05, 3.63) is 59.7 Å². The van der Waals surface area contributed by atoms with Crippen LogP contribution in [0, 0.1) is 11.3 Å². The Balaban J connectivity index is 2.26. The van der Waals surface area contributed by atoms with Gasteiger partial charge in [-0.05, 0) is 42.8 Å². The molecular formula is C20H23NO3Si. The Kier molecular flexibility index (Phi) is 6.00. The molecule has 0 amide bonds. The average Bonchev–Trinajstić information content (AvgIpc) is 2.62. The van der Waals surface area contributed by atoms with Crippen LogP contribution in [-0.4, -0.2) is 24.9 Å². The second-order valence-electron chi connectivity index (χ2n) is 6.64. The smallest absolute Gasteiger partial charge is 0.335 e. The Morgan fingerprint density at radius 1 is 1.16 bits per heavy atom. The first-order valence-electron chi connectivity index (χ1n) is 8.39. The summed E-state index contributed by atoms with van der Waals surface area (Å²) >= 11 is 0. The number of hydrogen-bond acceptors (Lipinski definition) is 3. The maximum absolute atomic E-state index is 11.1. The molecule has 2 aromatic carbocycles. The van der Waals surface area contributed by atoms with Crippen molar-refractivity contribution in [3.63, 3.8) is 0 Å². The van der Waals surface area contributed by atoms with E-state index in [1.807, 2.05) is 24.3 Å². The Morgan fingerprint density at radius 3 is 2.24 bits per heavy atom. The van der Waals surface area contributed by atoms with Gasteiger partial charge in [0.1, 0.15) is 13.8 Å². The number of carboxylic acids is 1. The molecule has 0 saturated heterocycles. The number of nitrogens with zero attached hydrogens (tertiary/aromatic N) is 1. The molecule has 130 valence electrons. The molecule has 2 aromatic rings. The highest BCUT2D eigenvalue weighted by Gasteiger charge is 2.35. The minimum atomic E-state index is -1.97. The van der Waals surface area contributed by atoms with Gasteiger partial charge < -0.3 is 9.84 Å². The Bertz CT molecular complexity index is 761. The van der Waals surface area contributed by atoms with Crippen molar-refractivity contribution < 1.29 is 14.6 Å². The lowest BCUT2D eigenvalue weighted by Gasteiger charge is -2.33. The van der Waals surface area contributed by atoms with Gasteiger partial charge in [-0.1, -0.05) is 43.8 Å². The number of aromatic carboxylic acids is 1. The molecule has 1 N–H and O–H groups in total. The minimum absolute atomic E-state index is 0.0705. The largest absolute Gasteiger partial charge is 0.494 e. The van der Waals surface area contributed by atoms with Crippen molar-refractivity contribution in [2.75, 3.05) is 0 Å². The SMILES string of the molecule is CCCC(Oc1ccc(C#N)cc1)[Si](C)(C)c1ccc(C(=O)O)cc1. The predicted molar refractivity (Wildman–Crippen MR) is 101 cm³/mol. The highest BCUT2D eigenvalue weighted by atomic mass is 28.3. The van der Waals surface area contributed by atoms with Gasteiger partial charge in [0.2, 0.25) is 0 Å². The molecular weight excluding hydrogens is 330 g/mol. The van der Waals surface area contributed by atoms with Gasteiger partial charge in [-0.25, -0.2) is 4.79 Å². The first kappa shape index (κ1) is 18.8. The summed E-state index contributed by atoms with van der Waals surface area (Å²) in [6.07, 6.45) is 1.94. The number of nitriles is 1. The van der Waals surface area contributed by atoms with Crippen LogP contribution in [0.3, 0.4) is 0 Å². The maximum Gasteiger partial charge on any atom is 0.335 e. The van der Waals surface area contributed by atoms with Gasteiger partial charge >= 0.3 is 5.97 Å². The van der Waals surface area contributed by atoms with Gasteiger partial charge in [0.15, 0.2) is 0 Å². The highest BCUT2D eigenvalue weighted by molar-refractivity contribution is 6.90. The number of rotatable bonds is 7. The van der Waals surface area contributed by atoms with Crippen LogP contribution in [-0.2, 0) is 0 Å². The van der Waals surface area contributed by atoms with Crippen molar-refractivity contribution in [1.82, 2.24) is 0 Å². The van der Waals surface area contributed by atoms with Crippen LogP contribution in [0.5, 0.6) is 5.75 Å². The topological polar surface area (TPSA) is 70.3 Å². The van der Waals surface area contributed by atoms with Gasteiger partial charge in [0, 0.05) is 0 Å². The Hall–Kier alpha value is -2.58. The van der Waals surface area contributed by atoms with Gasteiger partial charge in [-0.2, -0.15) is 5.26 Å². The summed E-state index contributed by atoms with van der Waals surface area (Å²) in [4.78, 5) is 11.1. The molecule has 0 aliphatic heterocycles. The Morgan fingerprint density at radius 2 is 1.76 bits per heavy atom. The number of hydrogen-bond donors (Lipinski definition) is 1. The van der Waals surface area contributed by atoms with Crippen molar-refractivity contribution in [1.29, 1.82) is 5.26 Å². The van der Waals surface area contributed by atoms with Crippen molar-refractivity contribution in [2.45, 2.75) is 38.6 Å². The lowest BCUT2D eigenvalue weighted by atomic mass is 10.2. The number of ether oxygens (including phenoxy) is 1. The zero-order valence-corrected chi connectivity index (χ0v) is 15.8. The maximum atomic E-state index is 11.1. The van der Waals surface area contributed by atoms with Crippen LogP contribution in [0.25, 0.3) is 0 Å². The predicted octanol–water partition coefficient (Wildman–Crippen LogP) is 3.96. The van der Waals surface area contributed by atoms with Gasteiger partial charge in [0.05, 0.1) is 22.9 Å². The van der Waals surface area contributed by atoms with E-state index in [9.17, 15) is 4.79 Å². The van der Waals surface area contributed by atoms with E-state index in [-0.39, 0.29) is 5.73 Å². The molecule has 2 rings (SSSR count). The van der Waals surface area contributed by atoms with E-state index in [1.54, 1.807) is 24.3 Å². The number of carboxylic acid groups (broad SMARTS) is 1. The number of carbonyl (C=O) groups is 1. The summed E-state index contributed by atoms with van der Waals surface area (Å²) in [6.45, 7) is 6.62. The Labute approximate surface area is 149 Å². The molecule has 0 aliphatic rings. The van der Waals surface area contributed by atoms with Gasteiger partial charge in [-0.15, -0.1) is 0 Å². The van der Waals surface area contributed by atoms with E-state index in [2.05, 4.69) is 26.1 Å². The van der Waals surface area contributed by atoms with Crippen LogP contribution in [0.4, 0.5) is 0 Å². The third kappa shape index (κ3) is 4.49. The quantitative estimate of drug-likeness (QED) is 0.765. The van der Waals surface area contributed by atoms with Crippen LogP contribution in [0.1, 0.15) is 35.7 Å². The molecule has 5 heteroatoms. The fourth-order valence-electron chi connectivity index (χ4n) is 2.83. The highest BCUT2D eigenvalue weighted by Crippen LogP contribution is 2.22. The molecule has 0 bridgehead atoms. The molecule has 0 radical (unpaired) electrons. The summed E-state index contributed by atoms with van der Waals surface area (Å²) < 4.78 is 6.29. The second-order valence-corrected chi connectivity index (χ2v) is 11.3. The molecule has 1 unspecified atom stereocenters. The average molecular weight is 353 g/mol. The van der Waals surface area contributed by atoms with Crippen molar-refractivity contribution >= 4 is 19.2 Å². The molecule has 0 aromatic heterocycles. The molecule has 25 heavy (non-hydrogen) atoms. The molecule has 0 spiro atoms. The fourth-order valence-corrected chi connectivity index (χ4v) is 5.67. The standard InChI is InChI=1S/C20H23NO3Si/c1-4-5-19(24-17-10-6-15(14-21)7-11-17)25(2,3)18-12-8-16(9-13-18)20(22)23/h6-13,19H,4-5H2,1-3H3,(H,22,23). The lowest BCUT2D eigenvalue weighted by molar-refractivity contribution is 0.0697. The third-order valence-electron chi connectivity index (χ3n) is 4.49. The van der Waals surface area contributed by atoms with Crippen LogP contribution in [0.2, 0.25) is 13.1 Å². The van der Waals surface area contributed by atoms with Crippen molar-refractivity contribution in [2.24, 2.45) is 0 Å². The minimum Gasteiger partial charge on any atom is -0.494 e. The van der Waals surface area contributed by atoms with E-state index >= 15 is 0 Å². The molecule has 0 aliphatic carbocycles. The molecule has 1 atom stereocenters. The van der Waals surface area contributed by atoms with E-state index in [1.165, 1.54) is 5.19 Å². The second kappa shape index (κ2) is 7.99. The summed E-state index contributed by atoms with van der Waals surface area (Å²) in [6, 6.07) is 16.5. The van der Waals surface area contributed by atoms with Crippen LogP contribution >= 0.6 is 0 Å². The lowest BCUT2D eigenvalue weighted by Crippen LogP contribution is -2.55. The van der Waals surface area contributed by atoms with Gasteiger partial charge in [-0.3, -0.25) is 0 Å². The van der Waals surface area contributed by atoms with Crippen molar-refractivity contribution in [3.8, 4) is 11.8 Å². The molecule has 0 fully saturated rings. The van der Waals surface area contributed by atoms with E-state index in [4.69, 9.17) is 15.1 Å². The third-order valence-corrected chi connectivity index (χ3v) is 8.33. The van der Waals surface area contributed by atoms with E-state index < -0.39 is 14.0 Å². The van der Waals surface area contributed by atoms with Crippen LogP contribution in [0.15, 0.2) is 48.5 Å². The zero-order valence-electron chi connectivity index (χ0n) is 14.8. The van der Waals surface area contributed by atoms with Gasteiger partial charge in [0.25, 0.3) is 0 Å². The summed E-state index contributed by atoms with van der Waals surface area (Å²) in [5.41, 5.74) is 0.981. The molecule has 4 nitrogen and oxygen atoms in total. The van der Waals surface area contributed by atoms with Crippen LogP contribution < -0.4 is 9.92 Å². The summed E-state index contributed by atoms with van der Waals surface area (Å²) in [5.74, 6) is -0.148. The monoisotopic (exact) mass is 353 g/mol. The molecule has 0 heterocycles. The summed E-state index contributed by atoms with van der Waals surface area (Å²) in [5, 5.41) is 19.2. The first-order valence-corrected chi connectivity index (χ1v) is 11.5. The number of benzene rings is 2. The normalized spacial score (nSPS) is 12.2. The molecule has 0 saturated carbocycles. The summed E-state index contributed by atoms with van der Waals surface area (Å²) in [7, 11) is -1.97. The zero-order chi connectivity index (χ0) is 18.4. The first-order chi connectivity index (χ1) is 11.9.